The Morgan fingerprint density at radius 2 is 2.14 bits per heavy atom. The Kier molecular flexibility index (Phi) is 4.52. The fraction of sp³-hybridized carbons (Fsp3) is 0.250. The van der Waals surface area contributed by atoms with Crippen LogP contribution in [0.3, 0.4) is 0 Å². The van der Waals surface area contributed by atoms with Gasteiger partial charge in [-0.1, -0.05) is 28.1 Å². The van der Waals surface area contributed by atoms with Gasteiger partial charge >= 0.3 is 0 Å². The van der Waals surface area contributed by atoms with E-state index in [4.69, 9.17) is 10.5 Å². The van der Waals surface area contributed by atoms with Crippen LogP contribution in [0.4, 0.5) is 4.39 Å². The molecule has 0 fully saturated rings. The molecule has 1 heterocycles. The van der Waals surface area contributed by atoms with E-state index in [9.17, 15) is 4.39 Å². The van der Waals surface area contributed by atoms with Crippen molar-refractivity contribution in [2.24, 2.45) is 5.73 Å². The van der Waals surface area contributed by atoms with Crippen molar-refractivity contribution in [2.45, 2.75) is 23.5 Å². The van der Waals surface area contributed by atoms with Crippen LogP contribution in [0.15, 0.2) is 51.8 Å². The highest BCUT2D eigenvalue weighted by molar-refractivity contribution is 9.10. The van der Waals surface area contributed by atoms with Crippen molar-refractivity contribution in [3.8, 4) is 5.75 Å². The lowest BCUT2D eigenvalue weighted by molar-refractivity contribution is 0.183. The molecule has 0 bridgehead atoms. The maximum atomic E-state index is 13.8. The molecule has 1 aliphatic heterocycles. The molecule has 1 aliphatic rings. The van der Waals surface area contributed by atoms with E-state index in [1.165, 1.54) is 6.07 Å². The maximum Gasteiger partial charge on any atom is 0.133 e. The standard InChI is InChI=1S/C16H15BrFNOS/c17-11-5-6-12(18)10(7-11)8-13(19)15-9-21-16-4-2-1-3-14(16)20-15/h1-7,13,15H,8-9,19H2. The van der Waals surface area contributed by atoms with Gasteiger partial charge in [0.2, 0.25) is 0 Å². The van der Waals surface area contributed by atoms with E-state index >= 15 is 0 Å². The number of nitrogens with two attached hydrogens (primary N) is 1. The van der Waals surface area contributed by atoms with Gasteiger partial charge < -0.3 is 10.5 Å². The van der Waals surface area contributed by atoms with Gasteiger partial charge in [0, 0.05) is 21.2 Å². The van der Waals surface area contributed by atoms with E-state index in [1.807, 2.05) is 24.3 Å². The molecular weight excluding hydrogens is 353 g/mol. The number of ether oxygens (including phenoxy) is 1. The van der Waals surface area contributed by atoms with Gasteiger partial charge in [-0.05, 0) is 42.3 Å². The van der Waals surface area contributed by atoms with E-state index in [1.54, 1.807) is 23.9 Å². The Labute approximate surface area is 136 Å². The highest BCUT2D eigenvalue weighted by Gasteiger charge is 2.26. The van der Waals surface area contributed by atoms with Crippen molar-refractivity contribution in [2.75, 3.05) is 5.75 Å². The number of hydrogen-bond acceptors (Lipinski definition) is 3. The summed E-state index contributed by atoms with van der Waals surface area (Å²) >= 11 is 5.10. The van der Waals surface area contributed by atoms with E-state index in [0.29, 0.717) is 12.0 Å². The predicted molar refractivity (Wildman–Crippen MR) is 87.4 cm³/mol. The van der Waals surface area contributed by atoms with Gasteiger partial charge in [0.05, 0.1) is 0 Å². The van der Waals surface area contributed by atoms with Crippen molar-refractivity contribution < 1.29 is 9.13 Å². The van der Waals surface area contributed by atoms with Crippen molar-refractivity contribution in [3.63, 3.8) is 0 Å². The van der Waals surface area contributed by atoms with E-state index < -0.39 is 0 Å². The van der Waals surface area contributed by atoms with Gasteiger partial charge in [-0.25, -0.2) is 4.39 Å². The molecule has 0 spiro atoms. The van der Waals surface area contributed by atoms with Gasteiger partial charge in [-0.2, -0.15) is 0 Å². The number of thioether (sulfide) groups is 1. The summed E-state index contributed by atoms with van der Waals surface area (Å²) in [6, 6.07) is 12.6. The van der Waals surface area contributed by atoms with Crippen LogP contribution in [0.25, 0.3) is 0 Å². The second kappa shape index (κ2) is 6.38. The van der Waals surface area contributed by atoms with Crippen LogP contribution in [0.2, 0.25) is 0 Å². The molecule has 2 nitrogen and oxygen atoms in total. The van der Waals surface area contributed by atoms with Crippen molar-refractivity contribution in [1.29, 1.82) is 0 Å². The highest BCUT2D eigenvalue weighted by atomic mass is 79.9. The highest BCUT2D eigenvalue weighted by Crippen LogP contribution is 2.35. The molecule has 2 atom stereocenters. The first-order valence-electron chi connectivity index (χ1n) is 6.71. The molecule has 0 saturated heterocycles. The number of fused-ring (bicyclic) bond motifs is 1. The Hall–Kier alpha value is -1.04. The van der Waals surface area contributed by atoms with Crippen molar-refractivity contribution in [1.82, 2.24) is 0 Å². The molecule has 0 saturated carbocycles. The fourth-order valence-corrected chi connectivity index (χ4v) is 3.83. The van der Waals surface area contributed by atoms with Crippen molar-refractivity contribution in [3.05, 3.63) is 58.3 Å². The minimum atomic E-state index is -0.241. The fourth-order valence-electron chi connectivity index (χ4n) is 2.33. The van der Waals surface area contributed by atoms with Crippen LogP contribution in [0, 0.1) is 5.82 Å². The number of halogens is 2. The number of hydrogen-bond donors (Lipinski definition) is 1. The Balaban J connectivity index is 1.72. The van der Waals surface area contributed by atoms with Gasteiger partial charge in [-0.15, -0.1) is 11.8 Å². The summed E-state index contributed by atoms with van der Waals surface area (Å²) in [6.45, 7) is 0. The molecule has 2 aromatic carbocycles. The Morgan fingerprint density at radius 1 is 1.33 bits per heavy atom. The zero-order chi connectivity index (χ0) is 14.8. The molecule has 21 heavy (non-hydrogen) atoms. The molecule has 5 heteroatoms. The number of rotatable bonds is 3. The lowest BCUT2D eigenvalue weighted by atomic mass is 10.0. The average molecular weight is 368 g/mol. The summed E-state index contributed by atoms with van der Waals surface area (Å²) in [5.74, 6) is 1.43. The smallest absolute Gasteiger partial charge is 0.133 e. The number of benzene rings is 2. The lowest BCUT2D eigenvalue weighted by Gasteiger charge is -2.30. The summed E-state index contributed by atoms with van der Waals surface area (Å²) in [7, 11) is 0. The van der Waals surface area contributed by atoms with Crippen LogP contribution in [0.1, 0.15) is 5.56 Å². The topological polar surface area (TPSA) is 35.2 Å². The Morgan fingerprint density at radius 3 is 3.00 bits per heavy atom. The molecule has 0 radical (unpaired) electrons. The van der Waals surface area contributed by atoms with Gasteiger partial charge in [-0.3, -0.25) is 0 Å². The molecule has 2 N–H and O–H groups in total. The predicted octanol–water partition coefficient (Wildman–Crippen LogP) is 4.01. The van der Waals surface area contributed by atoms with Crippen molar-refractivity contribution >= 4 is 27.7 Å². The van der Waals surface area contributed by atoms with Crippen LogP contribution in [-0.4, -0.2) is 17.9 Å². The van der Waals surface area contributed by atoms with Crippen LogP contribution in [0.5, 0.6) is 5.75 Å². The third-order valence-corrected chi connectivity index (χ3v) is 5.11. The zero-order valence-corrected chi connectivity index (χ0v) is 13.7. The van der Waals surface area contributed by atoms with Gasteiger partial charge in [0.1, 0.15) is 17.7 Å². The van der Waals surface area contributed by atoms with Crippen LogP contribution in [-0.2, 0) is 6.42 Å². The third-order valence-electron chi connectivity index (χ3n) is 3.47. The van der Waals surface area contributed by atoms with Crippen LogP contribution >= 0.6 is 27.7 Å². The first kappa shape index (κ1) is 14.9. The lowest BCUT2D eigenvalue weighted by Crippen LogP contribution is -2.43. The quantitative estimate of drug-likeness (QED) is 0.889. The van der Waals surface area contributed by atoms with E-state index in [2.05, 4.69) is 15.9 Å². The number of para-hydroxylation sites is 1. The zero-order valence-electron chi connectivity index (χ0n) is 11.3. The monoisotopic (exact) mass is 367 g/mol. The maximum absolute atomic E-state index is 13.8. The second-order valence-electron chi connectivity index (χ2n) is 5.02. The summed E-state index contributed by atoms with van der Waals surface area (Å²) < 4.78 is 20.6. The molecule has 3 rings (SSSR count). The largest absolute Gasteiger partial charge is 0.487 e. The molecule has 0 aromatic heterocycles. The molecule has 2 aromatic rings. The molecular formula is C16H15BrFNOS. The molecule has 0 amide bonds. The summed E-state index contributed by atoms with van der Waals surface area (Å²) in [4.78, 5) is 1.13. The van der Waals surface area contributed by atoms with Crippen LogP contribution < -0.4 is 10.5 Å². The van der Waals surface area contributed by atoms with E-state index in [0.717, 1.165) is 20.9 Å². The summed E-state index contributed by atoms with van der Waals surface area (Å²) in [5, 5.41) is 0. The molecule has 0 aliphatic carbocycles. The summed E-state index contributed by atoms with van der Waals surface area (Å²) in [5.41, 5.74) is 6.85. The minimum absolute atomic E-state index is 0.108. The summed E-state index contributed by atoms with van der Waals surface area (Å²) in [6.07, 6.45) is 0.349. The van der Waals surface area contributed by atoms with Gasteiger partial charge in [0.15, 0.2) is 0 Å². The molecule has 2 unspecified atom stereocenters. The van der Waals surface area contributed by atoms with Gasteiger partial charge in [0.25, 0.3) is 0 Å². The normalized spacial score (nSPS) is 18.7. The Bertz CT molecular complexity index is 652. The SMILES string of the molecule is NC(Cc1cc(Br)ccc1F)C1CSc2ccccc2O1. The molecule has 110 valence electrons. The third kappa shape index (κ3) is 3.42. The first-order valence-corrected chi connectivity index (χ1v) is 8.49. The second-order valence-corrected chi connectivity index (χ2v) is 7.00. The average Bonchev–Trinajstić information content (AvgIpc) is 2.50. The minimum Gasteiger partial charge on any atom is -0.487 e. The van der Waals surface area contributed by atoms with E-state index in [-0.39, 0.29) is 18.0 Å². The first-order chi connectivity index (χ1) is 10.1.